The normalized spacial score (nSPS) is 18.0. The van der Waals surface area contributed by atoms with E-state index in [0.717, 1.165) is 30.2 Å². The Morgan fingerprint density at radius 2 is 2.00 bits per heavy atom. The third-order valence-electron chi connectivity index (χ3n) is 5.81. The molecular formula is C22H18F2N2O3. The summed E-state index contributed by atoms with van der Waals surface area (Å²) < 4.78 is 33.2. The number of aryl methyl sites for hydroxylation is 2. The number of hydrogen-bond acceptors (Lipinski definition) is 5. The van der Waals surface area contributed by atoms with Gasteiger partial charge in [0, 0.05) is 23.1 Å². The summed E-state index contributed by atoms with van der Waals surface area (Å²) in [5.41, 5.74) is 6.27. The second-order valence-corrected chi connectivity index (χ2v) is 7.60. The average Bonchev–Trinajstić information content (AvgIpc) is 3.33. The van der Waals surface area contributed by atoms with Crippen LogP contribution < -0.4 is 11.1 Å². The van der Waals surface area contributed by atoms with Crippen LogP contribution in [-0.2, 0) is 12.8 Å². The van der Waals surface area contributed by atoms with Crippen LogP contribution in [0.15, 0.2) is 38.6 Å². The second kappa shape index (κ2) is 6.40. The highest BCUT2D eigenvalue weighted by atomic mass is 19.1. The maximum Gasteiger partial charge on any atom is 0.339 e. The molecule has 1 aromatic heterocycles. The van der Waals surface area contributed by atoms with Crippen LogP contribution in [0.3, 0.4) is 0 Å². The van der Waals surface area contributed by atoms with E-state index in [2.05, 4.69) is 10.5 Å². The van der Waals surface area contributed by atoms with Gasteiger partial charge in [0.25, 0.3) is 0 Å². The Bertz CT molecular complexity index is 1260. The molecule has 1 aliphatic carbocycles. The first kappa shape index (κ1) is 17.8. The Balaban J connectivity index is 1.60. The van der Waals surface area contributed by atoms with Gasteiger partial charge in [0.1, 0.15) is 23.0 Å². The smallest absolute Gasteiger partial charge is 0.339 e. The summed E-state index contributed by atoms with van der Waals surface area (Å²) in [7, 11) is 0. The number of aromatic hydroxyl groups is 1. The lowest BCUT2D eigenvalue weighted by Crippen LogP contribution is -2.12. The van der Waals surface area contributed by atoms with Gasteiger partial charge in [-0.25, -0.2) is 13.6 Å². The Morgan fingerprint density at radius 3 is 2.83 bits per heavy atom. The molecule has 0 saturated heterocycles. The molecule has 2 N–H and O–H groups in total. The van der Waals surface area contributed by atoms with Crippen LogP contribution in [0.1, 0.15) is 46.7 Å². The van der Waals surface area contributed by atoms with Crippen molar-refractivity contribution >= 4 is 16.7 Å². The summed E-state index contributed by atoms with van der Waals surface area (Å²) in [5, 5.41) is 15.9. The molecule has 0 bridgehead atoms. The molecule has 3 aromatic rings. The first-order valence-corrected chi connectivity index (χ1v) is 9.52. The van der Waals surface area contributed by atoms with Crippen molar-refractivity contribution in [2.45, 2.75) is 38.6 Å². The van der Waals surface area contributed by atoms with Crippen molar-refractivity contribution in [3.63, 3.8) is 0 Å². The SMILES string of the molecule is Cc1cc2oc(=O)c3c(c2c(O)c1C1=NN[C@@H](c2cc(F)ccc2F)C1)CCC3. The topological polar surface area (TPSA) is 74.8 Å². The van der Waals surface area contributed by atoms with E-state index in [0.29, 0.717) is 52.6 Å². The van der Waals surface area contributed by atoms with E-state index in [1.165, 1.54) is 0 Å². The van der Waals surface area contributed by atoms with Gasteiger partial charge in [-0.15, -0.1) is 0 Å². The van der Waals surface area contributed by atoms with Crippen molar-refractivity contribution in [1.82, 2.24) is 5.43 Å². The minimum atomic E-state index is -0.533. The standard InChI is InChI=1S/C22H18F2N2O3/c1-10-7-18-20(12-3-2-4-13(12)22(28)29-18)21(27)19(10)17-9-16(25-26-17)14-8-11(23)5-6-15(14)24/h5-8,16,25,27H,2-4,9H2,1H3/t16-/m1/s1. The first-order chi connectivity index (χ1) is 13.9. The molecule has 7 heteroatoms. The lowest BCUT2D eigenvalue weighted by atomic mass is 9.92. The van der Waals surface area contributed by atoms with Crippen LogP contribution in [0.2, 0.25) is 0 Å². The Morgan fingerprint density at radius 1 is 1.21 bits per heavy atom. The van der Waals surface area contributed by atoms with E-state index in [-0.39, 0.29) is 16.9 Å². The summed E-state index contributed by atoms with van der Waals surface area (Å²) >= 11 is 0. The molecule has 0 spiro atoms. The van der Waals surface area contributed by atoms with Gasteiger partial charge in [-0.1, -0.05) is 0 Å². The summed E-state index contributed by atoms with van der Waals surface area (Å²) in [4.78, 5) is 12.2. The van der Waals surface area contributed by atoms with E-state index in [9.17, 15) is 18.7 Å². The summed E-state index contributed by atoms with van der Waals surface area (Å²) in [6, 6.07) is 4.51. The Hall–Kier alpha value is -3.22. The van der Waals surface area contributed by atoms with Gasteiger partial charge in [0.2, 0.25) is 0 Å². The fourth-order valence-corrected chi connectivity index (χ4v) is 4.47. The zero-order valence-electron chi connectivity index (χ0n) is 15.7. The van der Waals surface area contributed by atoms with Gasteiger partial charge in [0.05, 0.1) is 17.1 Å². The number of fused-ring (bicyclic) bond motifs is 3. The zero-order chi connectivity index (χ0) is 20.3. The predicted molar refractivity (Wildman–Crippen MR) is 104 cm³/mol. The highest BCUT2D eigenvalue weighted by molar-refractivity contribution is 6.09. The Kier molecular flexibility index (Phi) is 3.94. The molecule has 0 amide bonds. The number of hydrogen-bond donors (Lipinski definition) is 2. The summed E-state index contributed by atoms with van der Waals surface area (Å²) in [6.45, 7) is 1.79. The van der Waals surface area contributed by atoms with Crippen molar-refractivity contribution in [2.24, 2.45) is 5.10 Å². The molecule has 0 fully saturated rings. The molecular weight excluding hydrogens is 378 g/mol. The molecule has 1 aliphatic heterocycles. The van der Waals surface area contributed by atoms with Gasteiger partial charge < -0.3 is 14.9 Å². The zero-order valence-corrected chi connectivity index (χ0v) is 15.7. The van der Waals surface area contributed by atoms with Gasteiger partial charge in [-0.3, -0.25) is 0 Å². The second-order valence-electron chi connectivity index (χ2n) is 7.60. The maximum absolute atomic E-state index is 14.2. The van der Waals surface area contributed by atoms with Gasteiger partial charge in [0.15, 0.2) is 0 Å². The van der Waals surface area contributed by atoms with Crippen molar-refractivity contribution in [3.8, 4) is 5.75 Å². The highest BCUT2D eigenvalue weighted by Crippen LogP contribution is 2.39. The van der Waals surface area contributed by atoms with E-state index < -0.39 is 17.7 Å². The van der Waals surface area contributed by atoms with Crippen molar-refractivity contribution in [3.05, 3.63) is 74.1 Å². The van der Waals surface area contributed by atoms with Crippen LogP contribution >= 0.6 is 0 Å². The van der Waals surface area contributed by atoms with E-state index >= 15 is 0 Å². The molecule has 148 valence electrons. The minimum Gasteiger partial charge on any atom is -0.506 e. The summed E-state index contributed by atoms with van der Waals surface area (Å²) in [5.74, 6) is -1.02. The van der Waals surface area contributed by atoms with Crippen molar-refractivity contribution < 1.29 is 18.3 Å². The third-order valence-corrected chi connectivity index (χ3v) is 5.81. The first-order valence-electron chi connectivity index (χ1n) is 9.52. The fraction of sp³-hybridized carbons (Fsp3) is 0.273. The van der Waals surface area contributed by atoms with Crippen molar-refractivity contribution in [1.29, 1.82) is 0 Å². The number of halogens is 2. The van der Waals surface area contributed by atoms with E-state index in [1.807, 2.05) is 0 Å². The predicted octanol–water partition coefficient (Wildman–Crippen LogP) is 4.01. The number of phenolic OH excluding ortho intramolecular Hbond substituents is 1. The number of nitrogens with zero attached hydrogens (tertiary/aromatic N) is 1. The lowest BCUT2D eigenvalue weighted by molar-refractivity contribution is 0.476. The minimum absolute atomic E-state index is 0.0165. The van der Waals surface area contributed by atoms with Gasteiger partial charge in [-0.2, -0.15) is 5.10 Å². The quantitative estimate of drug-likeness (QED) is 0.642. The number of hydrazone groups is 1. The van der Waals surface area contributed by atoms with Crippen LogP contribution in [0.5, 0.6) is 5.75 Å². The number of rotatable bonds is 2. The monoisotopic (exact) mass is 396 g/mol. The van der Waals surface area contributed by atoms with Crippen LogP contribution in [-0.4, -0.2) is 10.8 Å². The molecule has 2 aliphatic rings. The molecule has 29 heavy (non-hydrogen) atoms. The van der Waals surface area contributed by atoms with Gasteiger partial charge >= 0.3 is 5.63 Å². The molecule has 2 aromatic carbocycles. The van der Waals surface area contributed by atoms with Crippen LogP contribution in [0, 0.1) is 18.6 Å². The molecule has 5 rings (SSSR count). The summed E-state index contributed by atoms with van der Waals surface area (Å²) in [6.07, 6.45) is 2.47. The number of benzene rings is 2. The van der Waals surface area contributed by atoms with Crippen LogP contribution in [0.25, 0.3) is 11.0 Å². The van der Waals surface area contributed by atoms with Crippen LogP contribution in [0.4, 0.5) is 8.78 Å². The van der Waals surface area contributed by atoms with E-state index in [4.69, 9.17) is 4.42 Å². The van der Waals surface area contributed by atoms with E-state index in [1.54, 1.807) is 13.0 Å². The molecule has 2 heterocycles. The largest absolute Gasteiger partial charge is 0.506 e. The molecule has 0 unspecified atom stereocenters. The molecule has 5 nitrogen and oxygen atoms in total. The number of phenols is 1. The van der Waals surface area contributed by atoms with Gasteiger partial charge in [-0.05, 0) is 61.6 Å². The molecule has 1 atom stereocenters. The average molecular weight is 396 g/mol. The highest BCUT2D eigenvalue weighted by Gasteiger charge is 2.29. The van der Waals surface area contributed by atoms with Crippen molar-refractivity contribution in [2.75, 3.05) is 0 Å². The third kappa shape index (κ3) is 2.72. The maximum atomic E-state index is 14.2. The molecule has 0 saturated carbocycles. The Labute approximate surface area is 164 Å². The number of nitrogens with one attached hydrogen (secondary N) is 1. The molecule has 0 radical (unpaired) electrons. The lowest BCUT2D eigenvalue weighted by Gasteiger charge is -2.14. The fourth-order valence-electron chi connectivity index (χ4n) is 4.47.